The van der Waals surface area contributed by atoms with Crippen LogP contribution in [-0.2, 0) is 33.9 Å². The van der Waals surface area contributed by atoms with E-state index in [4.69, 9.17) is 4.74 Å². The molecule has 3 aliphatic heterocycles. The minimum atomic E-state index is -3.95. The highest BCUT2D eigenvalue weighted by Crippen LogP contribution is 2.45. The van der Waals surface area contributed by atoms with Gasteiger partial charge in [0.15, 0.2) is 0 Å². The van der Waals surface area contributed by atoms with Gasteiger partial charge in [-0.05, 0) is 5.56 Å². The Bertz CT molecular complexity index is 1480. The SMILES string of the molecule is CC(=O)OCC1=C(C(=O)O)N2C(=O)[C@@](NO)(NC(=O)C(NC(=O)N3CCN(S(C)(=O)=O)C3=O)c3ccccc3)[C@@H]2SC1. The number of rotatable bonds is 9. The number of hydrogen-bond donors (Lipinski definition) is 5. The molecule has 5 N–H and O–H groups in total. The number of nitrogens with one attached hydrogen (secondary N) is 3. The van der Waals surface area contributed by atoms with Crippen LogP contribution in [0.5, 0.6) is 0 Å². The highest BCUT2D eigenvalue weighted by atomic mass is 32.2. The Kier molecular flexibility index (Phi) is 8.48. The van der Waals surface area contributed by atoms with Crippen molar-refractivity contribution in [2.24, 2.45) is 0 Å². The summed E-state index contributed by atoms with van der Waals surface area (Å²) in [6.07, 6.45) is 0.806. The van der Waals surface area contributed by atoms with E-state index in [1.165, 1.54) is 12.1 Å². The normalized spacial score (nSPS) is 22.7. The topological polar surface area (TPSA) is 232 Å². The number of fused-ring (bicyclic) bond motifs is 1. The van der Waals surface area contributed by atoms with Crippen molar-refractivity contribution in [2.75, 3.05) is 31.7 Å². The van der Waals surface area contributed by atoms with Gasteiger partial charge in [-0.3, -0.25) is 19.3 Å². The largest absolute Gasteiger partial charge is 0.477 e. The molecule has 3 aliphatic rings. The molecule has 226 valence electrons. The number of carboxylic acids is 1. The number of thioether (sulfide) groups is 1. The summed E-state index contributed by atoms with van der Waals surface area (Å²) in [4.78, 5) is 77.2. The van der Waals surface area contributed by atoms with Crippen LogP contribution >= 0.6 is 11.8 Å². The molecule has 17 nitrogen and oxygen atoms in total. The zero-order chi connectivity index (χ0) is 31.0. The molecule has 6 amide bonds. The van der Waals surface area contributed by atoms with Crippen LogP contribution in [0.3, 0.4) is 0 Å². The Morgan fingerprint density at radius 1 is 1.17 bits per heavy atom. The van der Waals surface area contributed by atoms with E-state index < -0.39 is 68.6 Å². The number of β-lactam (4-membered cyclic amide) rings is 1. The molecular weight excluding hydrogens is 600 g/mol. The summed E-state index contributed by atoms with van der Waals surface area (Å²) in [5.41, 5.74) is -0.592. The fourth-order valence-electron chi connectivity index (χ4n) is 4.59. The van der Waals surface area contributed by atoms with Gasteiger partial charge in [0, 0.05) is 18.2 Å². The lowest BCUT2D eigenvalue weighted by molar-refractivity contribution is -0.171. The fourth-order valence-corrected chi connectivity index (χ4v) is 6.78. The number of sulfonamides is 1. The number of ether oxygens (including phenoxy) is 1. The molecule has 19 heteroatoms. The van der Waals surface area contributed by atoms with E-state index >= 15 is 0 Å². The maximum absolute atomic E-state index is 13.6. The molecule has 0 radical (unpaired) electrons. The maximum atomic E-state index is 13.6. The predicted octanol–water partition coefficient (Wildman–Crippen LogP) is -1.26. The molecule has 0 aliphatic carbocycles. The van der Waals surface area contributed by atoms with Gasteiger partial charge < -0.3 is 25.7 Å². The molecule has 4 rings (SSSR count). The number of esters is 1. The highest BCUT2D eigenvalue weighted by molar-refractivity contribution is 8.00. The monoisotopic (exact) mass is 626 g/mol. The van der Waals surface area contributed by atoms with E-state index in [1.807, 2.05) is 0 Å². The summed E-state index contributed by atoms with van der Waals surface area (Å²) in [6, 6.07) is 3.91. The van der Waals surface area contributed by atoms with Gasteiger partial charge in [-0.2, -0.15) is 5.48 Å². The second-order valence-electron chi connectivity index (χ2n) is 9.35. The van der Waals surface area contributed by atoms with Crippen LogP contribution < -0.4 is 16.1 Å². The number of hydroxylamine groups is 1. The number of carbonyl (C=O) groups excluding carboxylic acids is 5. The molecule has 42 heavy (non-hydrogen) atoms. The van der Waals surface area contributed by atoms with Crippen LogP contribution in [0, 0.1) is 0 Å². The molecule has 0 saturated carbocycles. The Hall–Kier alpha value is -4.20. The molecule has 2 saturated heterocycles. The lowest BCUT2D eigenvalue weighted by Gasteiger charge is -2.56. The van der Waals surface area contributed by atoms with E-state index in [1.54, 1.807) is 23.7 Å². The summed E-state index contributed by atoms with van der Waals surface area (Å²) in [5, 5.41) is 23.4. The van der Waals surface area contributed by atoms with Gasteiger partial charge in [0.25, 0.3) is 5.91 Å². The van der Waals surface area contributed by atoms with Crippen molar-refractivity contribution in [3.8, 4) is 0 Å². The minimum absolute atomic E-state index is 0.0323. The number of urea groups is 2. The summed E-state index contributed by atoms with van der Waals surface area (Å²) in [6.45, 7) is 0.177. The van der Waals surface area contributed by atoms with Crippen molar-refractivity contribution in [2.45, 2.75) is 24.0 Å². The predicted molar refractivity (Wildman–Crippen MR) is 142 cm³/mol. The van der Waals surface area contributed by atoms with Crippen molar-refractivity contribution in [3.05, 3.63) is 47.2 Å². The number of carbonyl (C=O) groups is 6. The highest BCUT2D eigenvalue weighted by Gasteiger charge is 2.66. The van der Waals surface area contributed by atoms with Crippen LogP contribution in [-0.4, -0.2) is 111 Å². The minimum Gasteiger partial charge on any atom is -0.477 e. The average molecular weight is 627 g/mol. The Morgan fingerprint density at radius 3 is 2.38 bits per heavy atom. The Balaban J connectivity index is 1.59. The van der Waals surface area contributed by atoms with Gasteiger partial charge in [0.05, 0.1) is 19.3 Å². The molecule has 0 spiro atoms. The summed E-state index contributed by atoms with van der Waals surface area (Å²) in [5.74, 6) is -4.27. The van der Waals surface area contributed by atoms with E-state index in [0.717, 1.165) is 29.8 Å². The molecule has 3 heterocycles. The second-order valence-corrected chi connectivity index (χ2v) is 12.3. The number of benzene rings is 1. The Labute approximate surface area is 242 Å². The van der Waals surface area contributed by atoms with E-state index in [-0.39, 0.29) is 36.6 Å². The molecule has 0 bridgehead atoms. The molecule has 1 unspecified atom stereocenters. The van der Waals surface area contributed by atoms with E-state index in [0.29, 0.717) is 9.21 Å². The van der Waals surface area contributed by atoms with Gasteiger partial charge in [-0.1, -0.05) is 30.3 Å². The van der Waals surface area contributed by atoms with Gasteiger partial charge in [-0.15, -0.1) is 11.8 Å². The van der Waals surface area contributed by atoms with Gasteiger partial charge in [0.1, 0.15) is 23.7 Å². The van der Waals surface area contributed by atoms with E-state index in [2.05, 4.69) is 10.6 Å². The van der Waals surface area contributed by atoms with Crippen LogP contribution in [0.4, 0.5) is 9.59 Å². The van der Waals surface area contributed by atoms with Crippen LogP contribution in [0.15, 0.2) is 41.6 Å². The standard InChI is InChI=1S/C23H26N6O11S2/c1-12(30)40-10-14-11-41-20-23(26-37,19(34)29(20)16(14)18(32)33)25-17(31)15(13-6-4-3-5-7-13)24-21(35)27-8-9-28(22(27)36)42(2,38)39/h3-7,15,20,26,37H,8-11H2,1-2H3,(H,24,35)(H,25,31)(H,32,33)/t15?,20-,23-/m0/s1. The van der Waals surface area contributed by atoms with Gasteiger partial charge in [0.2, 0.25) is 21.6 Å². The third kappa shape index (κ3) is 5.50. The number of carboxylic acid groups (broad SMARTS) is 1. The number of aliphatic carboxylic acids is 1. The molecular formula is C23H26N6O11S2. The first kappa shape index (κ1) is 30.8. The van der Waals surface area contributed by atoms with Gasteiger partial charge >= 0.3 is 24.0 Å². The lowest BCUT2D eigenvalue weighted by atomic mass is 9.94. The van der Waals surface area contributed by atoms with Crippen LogP contribution in [0.2, 0.25) is 0 Å². The second kappa shape index (κ2) is 11.6. The lowest BCUT2D eigenvalue weighted by Crippen LogP contribution is -2.85. The van der Waals surface area contributed by atoms with Crippen molar-refractivity contribution in [3.63, 3.8) is 0 Å². The number of nitrogens with zero attached hydrogens (tertiary/aromatic N) is 3. The zero-order valence-electron chi connectivity index (χ0n) is 22.1. The summed E-state index contributed by atoms with van der Waals surface area (Å²) < 4.78 is 29.1. The summed E-state index contributed by atoms with van der Waals surface area (Å²) in [7, 11) is -3.95. The van der Waals surface area contributed by atoms with Crippen molar-refractivity contribution >= 4 is 57.6 Å². The number of amides is 6. The summed E-state index contributed by atoms with van der Waals surface area (Å²) >= 11 is 0.969. The van der Waals surface area contributed by atoms with Gasteiger partial charge in [-0.25, -0.2) is 32.0 Å². The van der Waals surface area contributed by atoms with Crippen LogP contribution in [0.1, 0.15) is 18.5 Å². The molecule has 3 atom stereocenters. The number of hydrogen-bond acceptors (Lipinski definition) is 12. The first-order valence-corrected chi connectivity index (χ1v) is 15.0. The third-order valence-corrected chi connectivity index (χ3v) is 9.12. The molecule has 0 aromatic heterocycles. The molecule has 1 aromatic rings. The van der Waals surface area contributed by atoms with Crippen molar-refractivity contribution in [1.82, 2.24) is 30.2 Å². The fraction of sp³-hybridized carbons (Fsp3) is 0.391. The molecule has 1 aromatic carbocycles. The smallest absolute Gasteiger partial charge is 0.352 e. The van der Waals surface area contributed by atoms with Crippen molar-refractivity contribution in [1.29, 1.82) is 0 Å². The number of imide groups is 1. The van der Waals surface area contributed by atoms with E-state index in [9.17, 15) is 47.5 Å². The van der Waals surface area contributed by atoms with Crippen molar-refractivity contribution < 1.29 is 52.2 Å². The first-order valence-electron chi connectivity index (χ1n) is 12.1. The zero-order valence-corrected chi connectivity index (χ0v) is 23.7. The average Bonchev–Trinajstić information content (AvgIpc) is 3.34. The maximum Gasteiger partial charge on any atom is 0.352 e. The quantitative estimate of drug-likeness (QED) is 0.0934. The third-order valence-electron chi connectivity index (χ3n) is 6.58. The first-order chi connectivity index (χ1) is 19.7. The van der Waals surface area contributed by atoms with Crippen LogP contribution in [0.25, 0.3) is 0 Å². The molecule has 2 fully saturated rings. The Morgan fingerprint density at radius 2 is 1.83 bits per heavy atom.